The van der Waals surface area contributed by atoms with Crippen LogP contribution >= 0.6 is 42.3 Å². The number of carboxylic acid groups (broad SMARTS) is 4. The minimum Gasteiger partial charge on any atom is -0.542 e. The largest absolute Gasteiger partial charge is 0.542 e. The van der Waals surface area contributed by atoms with E-state index in [1.54, 1.807) is 104 Å². The van der Waals surface area contributed by atoms with Crippen molar-refractivity contribution in [1.29, 1.82) is 0 Å². The van der Waals surface area contributed by atoms with E-state index >= 15 is 0 Å². The summed E-state index contributed by atoms with van der Waals surface area (Å²) in [4.78, 5) is 115. The zero-order valence-electron chi connectivity index (χ0n) is 55.5. The highest BCUT2D eigenvalue weighted by Crippen LogP contribution is 2.22. The Morgan fingerprint density at radius 3 is 1.29 bits per heavy atom. The first-order valence-corrected chi connectivity index (χ1v) is 33.3. The van der Waals surface area contributed by atoms with Crippen LogP contribution in [0.1, 0.15) is 111 Å². The number of aromatic nitrogens is 2. The maximum absolute atomic E-state index is 12.9. The number of carbonyl (C=O) groups is 8. The van der Waals surface area contributed by atoms with Crippen LogP contribution in [-0.2, 0) is 37.8 Å². The molecule has 0 aliphatic carbocycles. The summed E-state index contributed by atoms with van der Waals surface area (Å²) in [6.07, 6.45) is -2.18. The quantitative estimate of drug-likeness (QED) is 0.0127. The molecule has 26 nitrogen and oxygen atoms in total. The highest BCUT2D eigenvalue weighted by molar-refractivity contribution is 8.13. The van der Waals surface area contributed by atoms with E-state index in [0.29, 0.717) is 39.1 Å². The van der Waals surface area contributed by atoms with Crippen molar-refractivity contribution >= 4 is 112 Å². The first-order valence-electron chi connectivity index (χ1n) is 30.9. The molecule has 0 radical (unpaired) electrons. The lowest BCUT2D eigenvalue weighted by Gasteiger charge is -2.18. The summed E-state index contributed by atoms with van der Waals surface area (Å²) < 4.78 is 43.3. The summed E-state index contributed by atoms with van der Waals surface area (Å²) in [5, 5.41) is 52.9. The molecule has 4 heterocycles. The van der Waals surface area contributed by atoms with Crippen LogP contribution in [0.25, 0.3) is 11.0 Å². The SMILES string of the molecule is CNC(CC(=O)O)c1ccccc1.NC(=[NH2+])SCCNc1ccn2c(=O)c(C(=O)NC(CC(=O)O)c3ccccc3)ccc2c1.NC(CC(=O)O)c1ccccc1.NC(CC(=O)OP)c1ccccc1.O=C(CC(NC(=O)c1ccc2cc(Cl)ccn2c1=O)c1ccccc1)OP.O=C([O-])C(F)(F)F. The van der Waals surface area contributed by atoms with E-state index in [4.69, 9.17) is 54.3 Å². The molecule has 0 aliphatic rings. The Balaban J connectivity index is 0.000000284. The normalized spacial score (nSPS) is 11.9. The summed E-state index contributed by atoms with van der Waals surface area (Å²) in [7, 11) is 5.57. The summed E-state index contributed by atoms with van der Waals surface area (Å²) in [6, 6.07) is 56.8. The van der Waals surface area contributed by atoms with Gasteiger partial charge in [0.05, 0.1) is 74.2 Å². The number of carboxylic acids is 4. The number of fused-ring (bicyclic) bond motifs is 2. The molecular weight excluding hydrogens is 1440 g/mol. The zero-order valence-corrected chi connectivity index (χ0v) is 59.4. The second kappa shape index (κ2) is 44.5. The molecule has 0 saturated carbocycles. The fourth-order valence-corrected chi connectivity index (χ4v) is 10.0. The van der Waals surface area contributed by atoms with Crippen molar-refractivity contribution < 1.29 is 86.4 Å². The van der Waals surface area contributed by atoms with Gasteiger partial charge in [0.25, 0.3) is 28.1 Å². The fourth-order valence-electron chi connectivity index (χ4n) is 9.23. The molecule has 0 bridgehead atoms. The predicted octanol–water partition coefficient (Wildman–Crippen LogP) is 6.90. The molecule has 9 rings (SSSR count). The van der Waals surface area contributed by atoms with E-state index in [1.165, 1.54) is 38.9 Å². The molecule has 7 atom stereocenters. The van der Waals surface area contributed by atoms with Crippen molar-refractivity contribution in [3.63, 3.8) is 0 Å². The summed E-state index contributed by atoms with van der Waals surface area (Å²) >= 11 is 7.27. The molecule has 104 heavy (non-hydrogen) atoms. The van der Waals surface area contributed by atoms with E-state index < -0.39 is 77.1 Å². The van der Waals surface area contributed by atoms with Gasteiger partial charge in [-0.1, -0.05) is 163 Å². The zero-order chi connectivity index (χ0) is 76.9. The van der Waals surface area contributed by atoms with Gasteiger partial charge in [-0.3, -0.25) is 63.1 Å². The van der Waals surface area contributed by atoms with Crippen molar-refractivity contribution in [2.75, 3.05) is 24.7 Å². The molecule has 2 amide bonds. The summed E-state index contributed by atoms with van der Waals surface area (Å²) in [5.41, 5.74) is 21.9. The number of nitrogens with one attached hydrogen (secondary N) is 4. The molecule has 15 N–H and O–H groups in total. The van der Waals surface area contributed by atoms with Gasteiger partial charge < -0.3 is 67.0 Å². The number of hydrogen-bond donors (Lipinski definition) is 11. The second-order valence-electron chi connectivity index (χ2n) is 21.8. The number of nitrogens with zero attached hydrogens (tertiary/aromatic N) is 2. The molecule has 4 aromatic heterocycles. The third-order valence-corrected chi connectivity index (χ3v) is 15.8. The van der Waals surface area contributed by atoms with Gasteiger partial charge in [0.1, 0.15) is 17.1 Å². The summed E-state index contributed by atoms with van der Waals surface area (Å²) in [6.45, 7) is 0.633. The highest BCUT2D eigenvalue weighted by atomic mass is 35.5. The molecule has 0 spiro atoms. The molecule has 0 aliphatic heterocycles. The van der Waals surface area contributed by atoms with Gasteiger partial charge in [-0.25, -0.2) is 0 Å². The Morgan fingerprint density at radius 1 is 0.548 bits per heavy atom. The van der Waals surface area contributed by atoms with Crippen LogP contribution in [0.3, 0.4) is 0 Å². The minimum atomic E-state index is -5.19. The number of amidine groups is 1. The Kier molecular flexibility index (Phi) is 36.6. The molecule has 9 aromatic rings. The third-order valence-electron chi connectivity index (χ3n) is 14.3. The number of halogens is 4. The van der Waals surface area contributed by atoms with Crippen LogP contribution in [0.5, 0.6) is 0 Å². The molecule has 550 valence electrons. The van der Waals surface area contributed by atoms with Crippen molar-refractivity contribution in [3.05, 3.63) is 277 Å². The van der Waals surface area contributed by atoms with Gasteiger partial charge in [0.2, 0.25) is 0 Å². The number of benzene rings is 5. The lowest BCUT2D eigenvalue weighted by Crippen LogP contribution is -2.43. The van der Waals surface area contributed by atoms with Gasteiger partial charge >= 0.3 is 36.0 Å². The lowest BCUT2D eigenvalue weighted by molar-refractivity contribution is -0.344. The number of carbonyl (C=O) groups excluding carboxylic acids is 5. The fraction of sp³-hybridized carbons (Fsp3) is 0.197. The van der Waals surface area contributed by atoms with E-state index in [2.05, 4.69) is 30.3 Å². The van der Waals surface area contributed by atoms with Crippen LogP contribution in [0.4, 0.5) is 18.9 Å². The van der Waals surface area contributed by atoms with Gasteiger partial charge in [0, 0.05) is 53.5 Å². The van der Waals surface area contributed by atoms with Gasteiger partial charge in [0.15, 0.2) is 0 Å². The standard InChI is InChI=1S/C22H23N5O4S.C19H16ClN2O4P.C10H13NO2.C9H12NO2P.C9H11NO2.C2HF3O2/c23-22(24)32-11-9-25-15-8-10-27-16(12-15)6-7-17(21(27)31)20(30)26-18(13-19(28)29)14-4-2-1-3-5-14;20-13-8-9-22-14(10-13)6-7-15(19(22)25)18(24)21-16(11-17(23)26-27)12-4-2-1-3-5-12;1-11-9(7-10(12)13)8-5-3-2-4-6-8;10-8(6-9(11)12-13)7-4-2-1-3-5-7;10-8(6-9(11)12)7-4-2-1-3-5-7;3-2(4,5)1(6)7/h1-8,10,12,18,25H,9,11,13H2,(H3,23,24)(H,26,30)(H,28,29);1-10,16H,11,27H2,(H,21,24);2-6,9,11H,7H2,1H3,(H,12,13);1-5,8H,6,10,13H2;1-5,8H,6,10H2,(H,11,12);(H,6,7). The van der Waals surface area contributed by atoms with Crippen LogP contribution in [0.15, 0.2) is 222 Å². The average Bonchev–Trinajstić information content (AvgIpc) is 0.805. The average molecular weight is 1510 g/mol. The number of nitrogens with two attached hydrogens (primary N) is 4. The Morgan fingerprint density at radius 2 is 0.904 bits per heavy atom. The number of anilines is 1. The van der Waals surface area contributed by atoms with Gasteiger partial charge in [-0.15, -0.1) is 0 Å². The molecular formula is C71H76ClF3N10O16P2S. The van der Waals surface area contributed by atoms with E-state index in [9.17, 15) is 61.4 Å². The second-order valence-corrected chi connectivity index (χ2v) is 23.8. The lowest BCUT2D eigenvalue weighted by atomic mass is 10.0. The van der Waals surface area contributed by atoms with Crippen molar-refractivity contribution in [2.24, 2.45) is 17.2 Å². The van der Waals surface area contributed by atoms with E-state index in [-0.39, 0.29) is 61.3 Å². The molecule has 0 fully saturated rings. The van der Waals surface area contributed by atoms with Crippen LogP contribution < -0.4 is 60.1 Å². The predicted molar refractivity (Wildman–Crippen MR) is 391 cm³/mol. The molecule has 0 saturated heterocycles. The van der Waals surface area contributed by atoms with Crippen molar-refractivity contribution in [3.8, 4) is 0 Å². The van der Waals surface area contributed by atoms with E-state index in [0.717, 1.165) is 27.9 Å². The number of hydrogen-bond acceptors (Lipinski definition) is 18. The maximum Gasteiger partial charge on any atom is 0.430 e. The van der Waals surface area contributed by atoms with Crippen LogP contribution in [0.2, 0.25) is 5.02 Å². The Hall–Kier alpha value is -10.8. The Labute approximate surface area is 607 Å². The van der Waals surface area contributed by atoms with Crippen molar-refractivity contribution in [2.45, 2.75) is 68.5 Å². The number of pyridine rings is 4. The first-order chi connectivity index (χ1) is 49.5. The number of thioether (sulfide) groups is 1. The number of alkyl halides is 3. The minimum absolute atomic E-state index is 0.0238. The topological polar surface area (TPSA) is 433 Å². The van der Waals surface area contributed by atoms with Crippen LogP contribution in [-0.4, -0.2) is 102 Å². The number of rotatable bonds is 24. The molecule has 7 unspecified atom stereocenters. The number of aliphatic carboxylic acids is 4. The first kappa shape index (κ1) is 85.6. The van der Waals surface area contributed by atoms with Gasteiger partial charge in [-0.05, 0) is 95.2 Å². The Bertz CT molecular complexity index is 4430. The van der Waals surface area contributed by atoms with Gasteiger partial charge in [-0.2, -0.15) is 13.2 Å². The maximum atomic E-state index is 12.9. The third kappa shape index (κ3) is 30.4. The molecule has 33 heteroatoms. The van der Waals surface area contributed by atoms with Crippen molar-refractivity contribution in [1.82, 2.24) is 24.8 Å². The molecule has 5 aromatic carbocycles. The number of amides is 2. The van der Waals surface area contributed by atoms with E-state index in [1.807, 2.05) is 116 Å². The monoisotopic (exact) mass is 1510 g/mol. The highest BCUT2D eigenvalue weighted by Gasteiger charge is 2.29. The smallest absolute Gasteiger partial charge is 0.430 e. The van der Waals surface area contributed by atoms with Crippen LogP contribution in [0, 0.1) is 0 Å². The summed E-state index contributed by atoms with van der Waals surface area (Å²) in [5.74, 6) is -7.05.